The predicted molar refractivity (Wildman–Crippen MR) is 81.5 cm³/mol. The van der Waals surface area contributed by atoms with Crippen molar-refractivity contribution in [3.8, 4) is 0 Å². The standard InChI is InChI=1S/C14H20N2O2S/c1-14(2,3)13(18)16-11-7-5-10(6-8-11)15-12(17)9-19-4/h5-8H,9H2,1-4H3,(H,15,17)(H,16,18). The highest BCUT2D eigenvalue weighted by Gasteiger charge is 2.20. The molecular weight excluding hydrogens is 260 g/mol. The van der Waals surface area contributed by atoms with E-state index in [0.29, 0.717) is 5.75 Å². The minimum atomic E-state index is -0.425. The van der Waals surface area contributed by atoms with Crippen molar-refractivity contribution in [2.75, 3.05) is 22.6 Å². The van der Waals surface area contributed by atoms with Gasteiger partial charge in [-0.2, -0.15) is 11.8 Å². The van der Waals surface area contributed by atoms with Gasteiger partial charge in [-0.05, 0) is 30.5 Å². The van der Waals surface area contributed by atoms with E-state index in [4.69, 9.17) is 0 Å². The van der Waals surface area contributed by atoms with Crippen LogP contribution in [0.3, 0.4) is 0 Å². The zero-order chi connectivity index (χ0) is 14.5. The lowest BCUT2D eigenvalue weighted by Crippen LogP contribution is -2.27. The first-order chi connectivity index (χ1) is 8.82. The van der Waals surface area contributed by atoms with Crippen LogP contribution in [0.4, 0.5) is 11.4 Å². The van der Waals surface area contributed by atoms with Crippen LogP contribution in [0.2, 0.25) is 0 Å². The number of rotatable bonds is 4. The van der Waals surface area contributed by atoms with E-state index in [0.717, 1.165) is 11.4 Å². The molecule has 1 aromatic rings. The second-order valence-electron chi connectivity index (χ2n) is 5.26. The van der Waals surface area contributed by atoms with Crippen molar-refractivity contribution < 1.29 is 9.59 Å². The van der Waals surface area contributed by atoms with Crippen molar-refractivity contribution in [3.05, 3.63) is 24.3 Å². The number of amides is 2. The van der Waals surface area contributed by atoms with Crippen LogP contribution in [-0.4, -0.2) is 23.8 Å². The van der Waals surface area contributed by atoms with Crippen LogP contribution < -0.4 is 10.6 Å². The second-order valence-corrected chi connectivity index (χ2v) is 6.13. The molecule has 0 spiro atoms. The largest absolute Gasteiger partial charge is 0.326 e. The molecule has 0 fully saturated rings. The Balaban J connectivity index is 2.62. The molecule has 0 heterocycles. The van der Waals surface area contributed by atoms with Crippen molar-refractivity contribution in [1.29, 1.82) is 0 Å². The van der Waals surface area contributed by atoms with Gasteiger partial charge in [0.05, 0.1) is 5.75 Å². The molecule has 5 heteroatoms. The van der Waals surface area contributed by atoms with Gasteiger partial charge in [0, 0.05) is 16.8 Å². The van der Waals surface area contributed by atoms with Gasteiger partial charge in [-0.1, -0.05) is 20.8 Å². The maximum atomic E-state index is 11.8. The van der Waals surface area contributed by atoms with Gasteiger partial charge in [-0.15, -0.1) is 0 Å². The van der Waals surface area contributed by atoms with Gasteiger partial charge < -0.3 is 10.6 Å². The smallest absolute Gasteiger partial charge is 0.234 e. The van der Waals surface area contributed by atoms with Crippen molar-refractivity contribution in [1.82, 2.24) is 0 Å². The number of thioether (sulfide) groups is 1. The summed E-state index contributed by atoms with van der Waals surface area (Å²) in [5.41, 5.74) is 1.03. The van der Waals surface area contributed by atoms with Crippen LogP contribution in [0, 0.1) is 5.41 Å². The molecule has 0 aromatic heterocycles. The Morgan fingerprint density at radius 2 is 1.53 bits per heavy atom. The molecule has 0 atom stereocenters. The Kier molecular flexibility index (Phi) is 5.42. The monoisotopic (exact) mass is 280 g/mol. The van der Waals surface area contributed by atoms with Crippen LogP contribution >= 0.6 is 11.8 Å². The lowest BCUT2D eigenvalue weighted by atomic mass is 9.95. The van der Waals surface area contributed by atoms with E-state index >= 15 is 0 Å². The summed E-state index contributed by atoms with van der Waals surface area (Å²) >= 11 is 1.47. The molecule has 1 rings (SSSR count). The Bertz CT molecular complexity index is 450. The number of anilines is 2. The summed E-state index contributed by atoms with van der Waals surface area (Å²) in [4.78, 5) is 23.2. The van der Waals surface area contributed by atoms with Crippen molar-refractivity contribution in [3.63, 3.8) is 0 Å². The molecule has 0 aliphatic carbocycles. The molecule has 0 bridgehead atoms. The molecular formula is C14H20N2O2S. The summed E-state index contributed by atoms with van der Waals surface area (Å²) in [7, 11) is 0. The quantitative estimate of drug-likeness (QED) is 0.891. The van der Waals surface area contributed by atoms with E-state index in [1.807, 2.05) is 27.0 Å². The van der Waals surface area contributed by atoms with Crippen LogP contribution in [0.15, 0.2) is 24.3 Å². The molecule has 1 aromatic carbocycles. The van der Waals surface area contributed by atoms with Gasteiger partial charge in [-0.3, -0.25) is 9.59 Å². The molecule has 2 amide bonds. The minimum absolute atomic E-state index is 0.0287. The lowest BCUT2D eigenvalue weighted by molar-refractivity contribution is -0.123. The molecule has 0 unspecified atom stereocenters. The summed E-state index contributed by atoms with van der Waals surface area (Å²) < 4.78 is 0. The third-order valence-corrected chi connectivity index (χ3v) is 2.93. The maximum Gasteiger partial charge on any atom is 0.234 e. The summed E-state index contributed by atoms with van der Waals surface area (Å²) in [5, 5.41) is 5.61. The molecule has 4 nitrogen and oxygen atoms in total. The zero-order valence-electron chi connectivity index (χ0n) is 11.7. The van der Waals surface area contributed by atoms with E-state index in [1.54, 1.807) is 24.3 Å². The topological polar surface area (TPSA) is 58.2 Å². The number of carbonyl (C=O) groups is 2. The van der Waals surface area contributed by atoms with Gasteiger partial charge in [-0.25, -0.2) is 0 Å². The molecule has 104 valence electrons. The van der Waals surface area contributed by atoms with E-state index in [2.05, 4.69) is 10.6 Å². The van der Waals surface area contributed by atoms with E-state index < -0.39 is 5.41 Å². The molecule has 19 heavy (non-hydrogen) atoms. The Labute approximate surface area is 118 Å². The van der Waals surface area contributed by atoms with Crippen LogP contribution in [-0.2, 0) is 9.59 Å². The van der Waals surface area contributed by atoms with Crippen LogP contribution in [0.5, 0.6) is 0 Å². The minimum Gasteiger partial charge on any atom is -0.326 e. The fourth-order valence-corrected chi connectivity index (χ4v) is 1.62. The number of hydrogen-bond acceptors (Lipinski definition) is 3. The normalized spacial score (nSPS) is 10.9. The molecule has 2 N–H and O–H groups in total. The van der Waals surface area contributed by atoms with Crippen molar-refractivity contribution in [2.45, 2.75) is 20.8 Å². The van der Waals surface area contributed by atoms with E-state index in [1.165, 1.54) is 11.8 Å². The summed E-state index contributed by atoms with van der Waals surface area (Å²) in [6.07, 6.45) is 1.88. The highest BCUT2D eigenvalue weighted by Crippen LogP contribution is 2.19. The maximum absolute atomic E-state index is 11.8. The van der Waals surface area contributed by atoms with Gasteiger partial charge in [0.25, 0.3) is 0 Å². The number of benzene rings is 1. The fraction of sp³-hybridized carbons (Fsp3) is 0.429. The number of hydrogen-bond donors (Lipinski definition) is 2. The third kappa shape index (κ3) is 5.34. The summed E-state index contributed by atoms with van der Waals surface area (Å²) in [6.45, 7) is 5.58. The fourth-order valence-electron chi connectivity index (χ4n) is 1.28. The third-order valence-electron chi connectivity index (χ3n) is 2.38. The SMILES string of the molecule is CSCC(=O)Nc1ccc(NC(=O)C(C)(C)C)cc1. The first-order valence-corrected chi connectivity index (χ1v) is 7.42. The van der Waals surface area contributed by atoms with Crippen LogP contribution in [0.1, 0.15) is 20.8 Å². The molecule has 0 radical (unpaired) electrons. The molecule has 0 saturated heterocycles. The number of nitrogens with one attached hydrogen (secondary N) is 2. The van der Waals surface area contributed by atoms with Gasteiger partial charge in [0.1, 0.15) is 0 Å². The first-order valence-electron chi connectivity index (χ1n) is 6.03. The summed E-state index contributed by atoms with van der Waals surface area (Å²) in [5.74, 6) is 0.369. The van der Waals surface area contributed by atoms with Crippen molar-refractivity contribution in [2.24, 2.45) is 5.41 Å². The van der Waals surface area contributed by atoms with Gasteiger partial charge in [0.2, 0.25) is 11.8 Å². The highest BCUT2D eigenvalue weighted by atomic mass is 32.2. The Morgan fingerprint density at radius 1 is 1.05 bits per heavy atom. The lowest BCUT2D eigenvalue weighted by Gasteiger charge is -2.17. The van der Waals surface area contributed by atoms with Crippen LogP contribution in [0.25, 0.3) is 0 Å². The van der Waals surface area contributed by atoms with Crippen molar-refractivity contribution >= 4 is 35.0 Å². The number of carbonyl (C=O) groups excluding carboxylic acids is 2. The van der Waals surface area contributed by atoms with Gasteiger partial charge in [0.15, 0.2) is 0 Å². The van der Waals surface area contributed by atoms with E-state index in [-0.39, 0.29) is 11.8 Å². The Hall–Kier alpha value is -1.49. The highest BCUT2D eigenvalue weighted by molar-refractivity contribution is 7.99. The molecule has 0 aliphatic rings. The molecule has 0 saturated carbocycles. The average molecular weight is 280 g/mol. The first kappa shape index (κ1) is 15.6. The van der Waals surface area contributed by atoms with Gasteiger partial charge >= 0.3 is 0 Å². The molecule has 0 aliphatic heterocycles. The Morgan fingerprint density at radius 3 is 1.95 bits per heavy atom. The van der Waals surface area contributed by atoms with E-state index in [9.17, 15) is 9.59 Å². The summed E-state index contributed by atoms with van der Waals surface area (Å²) in [6, 6.07) is 7.10. The zero-order valence-corrected chi connectivity index (χ0v) is 12.6. The average Bonchev–Trinajstić information content (AvgIpc) is 2.30. The second kappa shape index (κ2) is 6.61. The predicted octanol–water partition coefficient (Wildman–Crippen LogP) is 2.97.